The molecule has 0 saturated carbocycles. The minimum Gasteiger partial charge on any atom is -0.496 e. The van der Waals surface area contributed by atoms with Gasteiger partial charge in [-0.05, 0) is 18.1 Å². The Bertz CT molecular complexity index is 527. The zero-order valence-corrected chi connectivity index (χ0v) is 12.4. The summed E-state index contributed by atoms with van der Waals surface area (Å²) in [5.74, 6) is 0.786. The maximum atomic E-state index is 12.1. The summed E-state index contributed by atoms with van der Waals surface area (Å²) in [7, 11) is -1.76. The monoisotopic (exact) mass is 299 g/mol. The van der Waals surface area contributed by atoms with Gasteiger partial charge in [-0.3, -0.25) is 0 Å². The number of rotatable bonds is 6. The van der Waals surface area contributed by atoms with E-state index in [1.54, 1.807) is 7.11 Å². The molecule has 0 aromatic heterocycles. The number of methoxy groups -OCH3 is 1. The van der Waals surface area contributed by atoms with Gasteiger partial charge < -0.3 is 10.1 Å². The Labute approximate surface area is 120 Å². The molecule has 1 aromatic carbocycles. The molecule has 1 fully saturated rings. The van der Waals surface area contributed by atoms with Gasteiger partial charge in [0.05, 0.1) is 7.11 Å². The molecular formula is C13H21N3O3S. The van der Waals surface area contributed by atoms with Gasteiger partial charge in [0, 0.05) is 32.7 Å². The molecule has 6 nitrogen and oxygen atoms in total. The van der Waals surface area contributed by atoms with Crippen LogP contribution in [0.5, 0.6) is 5.75 Å². The lowest BCUT2D eigenvalue weighted by atomic mass is 10.1. The van der Waals surface area contributed by atoms with Crippen LogP contribution in [0.2, 0.25) is 0 Å². The van der Waals surface area contributed by atoms with Crippen molar-refractivity contribution in [2.24, 2.45) is 0 Å². The van der Waals surface area contributed by atoms with Crippen molar-refractivity contribution in [1.29, 1.82) is 0 Å². The lowest BCUT2D eigenvalue weighted by Crippen LogP contribution is -2.50. The van der Waals surface area contributed by atoms with Gasteiger partial charge in [0.25, 0.3) is 10.2 Å². The summed E-state index contributed by atoms with van der Waals surface area (Å²) >= 11 is 0. The van der Waals surface area contributed by atoms with Crippen LogP contribution in [0.25, 0.3) is 0 Å². The van der Waals surface area contributed by atoms with Gasteiger partial charge in [0.2, 0.25) is 0 Å². The van der Waals surface area contributed by atoms with Crippen LogP contribution in [0.4, 0.5) is 0 Å². The fourth-order valence-electron chi connectivity index (χ4n) is 2.20. The van der Waals surface area contributed by atoms with Crippen molar-refractivity contribution in [2.45, 2.75) is 6.42 Å². The van der Waals surface area contributed by atoms with E-state index in [1.807, 2.05) is 24.3 Å². The molecule has 7 heteroatoms. The first-order chi connectivity index (χ1) is 9.63. The number of hydrogen-bond acceptors (Lipinski definition) is 4. The minimum absolute atomic E-state index is 0.368. The summed E-state index contributed by atoms with van der Waals surface area (Å²) in [6.45, 7) is 2.81. The van der Waals surface area contributed by atoms with Crippen molar-refractivity contribution in [1.82, 2.24) is 14.3 Å². The highest BCUT2D eigenvalue weighted by molar-refractivity contribution is 7.87. The molecule has 1 heterocycles. The van der Waals surface area contributed by atoms with E-state index in [2.05, 4.69) is 10.0 Å². The van der Waals surface area contributed by atoms with E-state index in [0.717, 1.165) is 11.3 Å². The van der Waals surface area contributed by atoms with Crippen LogP contribution in [0.3, 0.4) is 0 Å². The first kappa shape index (κ1) is 15.2. The van der Waals surface area contributed by atoms with Gasteiger partial charge in [-0.2, -0.15) is 12.7 Å². The van der Waals surface area contributed by atoms with Crippen molar-refractivity contribution >= 4 is 10.2 Å². The maximum Gasteiger partial charge on any atom is 0.279 e. The van der Waals surface area contributed by atoms with Gasteiger partial charge in [-0.15, -0.1) is 0 Å². The van der Waals surface area contributed by atoms with E-state index in [9.17, 15) is 8.42 Å². The normalized spacial score (nSPS) is 17.1. The van der Waals surface area contributed by atoms with Crippen LogP contribution in [-0.2, 0) is 16.6 Å². The van der Waals surface area contributed by atoms with E-state index in [1.165, 1.54) is 4.31 Å². The third kappa shape index (κ3) is 3.92. The number of hydrogen-bond donors (Lipinski definition) is 2. The predicted octanol–water partition coefficient (Wildman–Crippen LogP) is -0.0227. The maximum absolute atomic E-state index is 12.1. The van der Waals surface area contributed by atoms with Crippen LogP contribution in [0.15, 0.2) is 24.3 Å². The molecule has 0 spiro atoms. The van der Waals surface area contributed by atoms with E-state index in [-0.39, 0.29) is 0 Å². The fraction of sp³-hybridized carbons (Fsp3) is 0.538. The molecule has 0 amide bonds. The summed E-state index contributed by atoms with van der Waals surface area (Å²) in [5, 5.41) is 3.13. The molecule has 2 rings (SSSR count). The average Bonchev–Trinajstić information content (AvgIpc) is 2.48. The van der Waals surface area contributed by atoms with Gasteiger partial charge in [-0.25, -0.2) is 4.72 Å². The topological polar surface area (TPSA) is 70.7 Å². The molecular weight excluding hydrogens is 278 g/mol. The molecule has 1 aliphatic heterocycles. The lowest BCUT2D eigenvalue weighted by Gasteiger charge is -2.26. The highest BCUT2D eigenvalue weighted by Crippen LogP contribution is 2.17. The van der Waals surface area contributed by atoms with Crippen LogP contribution < -0.4 is 14.8 Å². The van der Waals surface area contributed by atoms with Gasteiger partial charge >= 0.3 is 0 Å². The smallest absolute Gasteiger partial charge is 0.279 e. The van der Waals surface area contributed by atoms with E-state index < -0.39 is 10.2 Å². The summed E-state index contributed by atoms with van der Waals surface area (Å²) in [6.07, 6.45) is 0.606. The van der Waals surface area contributed by atoms with Crippen molar-refractivity contribution in [3.05, 3.63) is 29.8 Å². The Balaban J connectivity index is 1.88. The number of nitrogens with zero attached hydrogens (tertiary/aromatic N) is 1. The van der Waals surface area contributed by atoms with Crippen molar-refractivity contribution in [3.8, 4) is 5.75 Å². The zero-order valence-electron chi connectivity index (χ0n) is 11.6. The third-order valence-corrected chi connectivity index (χ3v) is 4.90. The fourth-order valence-corrected chi connectivity index (χ4v) is 3.41. The third-order valence-electron chi connectivity index (χ3n) is 3.29. The molecule has 112 valence electrons. The second-order valence-electron chi connectivity index (χ2n) is 4.61. The highest BCUT2D eigenvalue weighted by atomic mass is 32.2. The van der Waals surface area contributed by atoms with Gasteiger partial charge in [0.15, 0.2) is 0 Å². The van der Waals surface area contributed by atoms with Gasteiger partial charge in [-0.1, -0.05) is 18.2 Å². The molecule has 0 aliphatic carbocycles. The first-order valence-electron chi connectivity index (χ1n) is 6.71. The van der Waals surface area contributed by atoms with Gasteiger partial charge in [0.1, 0.15) is 5.75 Å². The van der Waals surface area contributed by atoms with Crippen LogP contribution in [-0.4, -0.2) is 52.6 Å². The number of piperazine rings is 1. The lowest BCUT2D eigenvalue weighted by molar-refractivity contribution is 0.355. The quantitative estimate of drug-likeness (QED) is 0.774. The number of ether oxygens (including phenoxy) is 1. The first-order valence-corrected chi connectivity index (χ1v) is 8.15. The van der Waals surface area contributed by atoms with E-state index >= 15 is 0 Å². The average molecular weight is 299 g/mol. The Morgan fingerprint density at radius 2 is 2.00 bits per heavy atom. The van der Waals surface area contributed by atoms with Crippen molar-refractivity contribution in [2.75, 3.05) is 39.8 Å². The minimum atomic E-state index is -3.37. The molecule has 1 saturated heterocycles. The predicted molar refractivity (Wildman–Crippen MR) is 78.1 cm³/mol. The van der Waals surface area contributed by atoms with Crippen molar-refractivity contribution < 1.29 is 13.2 Å². The molecule has 0 bridgehead atoms. The Morgan fingerprint density at radius 3 is 2.70 bits per heavy atom. The second kappa shape index (κ2) is 7.03. The van der Waals surface area contributed by atoms with Crippen LogP contribution >= 0.6 is 0 Å². The number of benzene rings is 1. The number of nitrogens with one attached hydrogen (secondary N) is 2. The van der Waals surface area contributed by atoms with Crippen molar-refractivity contribution in [3.63, 3.8) is 0 Å². The Kier molecular flexibility index (Phi) is 5.36. The summed E-state index contributed by atoms with van der Waals surface area (Å²) in [5.41, 5.74) is 0.998. The van der Waals surface area contributed by atoms with Crippen LogP contribution in [0, 0.1) is 0 Å². The van der Waals surface area contributed by atoms with E-state index in [4.69, 9.17) is 4.74 Å². The van der Waals surface area contributed by atoms with E-state index in [0.29, 0.717) is 39.1 Å². The SMILES string of the molecule is COc1ccccc1CCNS(=O)(=O)N1CCNCC1. The highest BCUT2D eigenvalue weighted by Gasteiger charge is 2.22. The molecule has 20 heavy (non-hydrogen) atoms. The summed E-state index contributed by atoms with van der Waals surface area (Å²) in [6, 6.07) is 7.63. The standard InChI is InChI=1S/C13H21N3O3S/c1-19-13-5-3-2-4-12(13)6-7-15-20(17,18)16-10-8-14-9-11-16/h2-5,14-15H,6-11H2,1H3. The largest absolute Gasteiger partial charge is 0.496 e. The zero-order chi connectivity index (χ0) is 14.4. The molecule has 0 unspecified atom stereocenters. The summed E-state index contributed by atoms with van der Waals surface area (Å²) in [4.78, 5) is 0. The molecule has 2 N–H and O–H groups in total. The summed E-state index contributed by atoms with van der Waals surface area (Å²) < 4.78 is 33.5. The van der Waals surface area contributed by atoms with Crippen LogP contribution in [0.1, 0.15) is 5.56 Å². The molecule has 0 atom stereocenters. The molecule has 0 radical (unpaired) electrons. The molecule has 1 aliphatic rings. The Hall–Kier alpha value is -1.15. The second-order valence-corrected chi connectivity index (χ2v) is 6.37. The Morgan fingerprint density at radius 1 is 1.30 bits per heavy atom. The molecule has 1 aromatic rings. The number of para-hydroxylation sites is 1.